The zero-order valence-electron chi connectivity index (χ0n) is 10.0. The van der Waals surface area contributed by atoms with Crippen molar-refractivity contribution in [1.29, 1.82) is 0 Å². The Morgan fingerprint density at radius 2 is 2.27 bits per heavy atom. The lowest BCUT2D eigenvalue weighted by Gasteiger charge is -2.36. The van der Waals surface area contributed by atoms with Crippen LogP contribution in [-0.4, -0.2) is 35.5 Å². The van der Waals surface area contributed by atoms with Crippen LogP contribution in [0.4, 0.5) is 0 Å². The van der Waals surface area contributed by atoms with E-state index in [0.717, 1.165) is 19.4 Å². The summed E-state index contributed by atoms with van der Waals surface area (Å²) < 4.78 is 0. The first kappa shape index (κ1) is 12.2. The topological polar surface area (TPSA) is 32.3 Å². The van der Waals surface area contributed by atoms with Gasteiger partial charge in [-0.15, -0.1) is 6.58 Å². The van der Waals surface area contributed by atoms with E-state index in [1.165, 1.54) is 0 Å². The summed E-state index contributed by atoms with van der Waals surface area (Å²) in [6.45, 7) is 11.5. The van der Waals surface area contributed by atoms with Gasteiger partial charge < -0.3 is 10.2 Å². The third kappa shape index (κ3) is 3.06. The van der Waals surface area contributed by atoms with Crippen LogP contribution >= 0.6 is 0 Å². The van der Waals surface area contributed by atoms with Gasteiger partial charge in [0.15, 0.2) is 0 Å². The van der Waals surface area contributed by atoms with Crippen LogP contribution in [-0.2, 0) is 4.79 Å². The lowest BCUT2D eigenvalue weighted by Crippen LogP contribution is -2.52. The number of hydrogen-bond acceptors (Lipinski definition) is 2. The maximum Gasteiger partial charge on any atom is 0.240 e. The molecule has 1 N–H and O–H groups in total. The molecule has 1 rings (SSSR count). The van der Waals surface area contributed by atoms with E-state index in [2.05, 4.69) is 32.7 Å². The highest BCUT2D eigenvalue weighted by molar-refractivity contribution is 5.83. The minimum Gasteiger partial charge on any atom is -0.333 e. The second-order valence-electron chi connectivity index (χ2n) is 5.06. The Morgan fingerprint density at radius 1 is 1.60 bits per heavy atom. The van der Waals surface area contributed by atoms with Gasteiger partial charge in [-0.05, 0) is 40.2 Å². The average molecular weight is 210 g/mol. The number of nitrogens with one attached hydrogen (secondary N) is 1. The van der Waals surface area contributed by atoms with Gasteiger partial charge in [-0.1, -0.05) is 6.08 Å². The molecule has 0 saturated carbocycles. The number of carbonyl (C=O) groups excluding carboxylic acids is 1. The van der Waals surface area contributed by atoms with Crippen molar-refractivity contribution in [2.75, 3.05) is 13.1 Å². The van der Waals surface area contributed by atoms with Crippen LogP contribution in [0.1, 0.15) is 33.6 Å². The molecule has 0 unspecified atom stereocenters. The highest BCUT2D eigenvalue weighted by Crippen LogP contribution is 2.17. The van der Waals surface area contributed by atoms with Gasteiger partial charge in [-0.3, -0.25) is 4.79 Å². The van der Waals surface area contributed by atoms with Crippen molar-refractivity contribution >= 4 is 5.91 Å². The Hall–Kier alpha value is -0.830. The van der Waals surface area contributed by atoms with E-state index in [-0.39, 0.29) is 17.5 Å². The largest absolute Gasteiger partial charge is 0.333 e. The summed E-state index contributed by atoms with van der Waals surface area (Å²) >= 11 is 0. The number of carbonyl (C=O) groups is 1. The van der Waals surface area contributed by atoms with Crippen molar-refractivity contribution in [3.05, 3.63) is 12.7 Å². The van der Waals surface area contributed by atoms with Crippen molar-refractivity contribution in [2.24, 2.45) is 0 Å². The van der Waals surface area contributed by atoms with Crippen molar-refractivity contribution in [2.45, 2.75) is 45.2 Å². The fourth-order valence-electron chi connectivity index (χ4n) is 1.91. The van der Waals surface area contributed by atoms with E-state index in [4.69, 9.17) is 0 Å². The highest BCUT2D eigenvalue weighted by atomic mass is 16.2. The molecule has 3 heteroatoms. The van der Waals surface area contributed by atoms with E-state index in [9.17, 15) is 4.79 Å². The molecular formula is C12H22N2O. The Morgan fingerprint density at radius 3 is 2.67 bits per heavy atom. The molecule has 0 aliphatic carbocycles. The fraction of sp³-hybridized carbons (Fsp3) is 0.750. The van der Waals surface area contributed by atoms with Gasteiger partial charge in [-0.25, -0.2) is 0 Å². The van der Waals surface area contributed by atoms with Crippen LogP contribution in [0.15, 0.2) is 12.7 Å². The molecule has 86 valence electrons. The molecule has 1 amide bonds. The van der Waals surface area contributed by atoms with E-state index < -0.39 is 0 Å². The Labute approximate surface area is 92.5 Å². The van der Waals surface area contributed by atoms with Crippen LogP contribution in [0.2, 0.25) is 0 Å². The van der Waals surface area contributed by atoms with Gasteiger partial charge in [-0.2, -0.15) is 0 Å². The summed E-state index contributed by atoms with van der Waals surface area (Å²) in [6.07, 6.45) is 3.85. The second-order valence-corrected chi connectivity index (χ2v) is 5.06. The van der Waals surface area contributed by atoms with Crippen LogP contribution in [0.25, 0.3) is 0 Å². The summed E-state index contributed by atoms with van der Waals surface area (Å²) in [7, 11) is 0. The van der Waals surface area contributed by atoms with E-state index in [1.807, 2.05) is 4.90 Å². The summed E-state index contributed by atoms with van der Waals surface area (Å²) in [4.78, 5) is 14.1. The second kappa shape index (κ2) is 4.79. The molecule has 0 radical (unpaired) electrons. The molecule has 1 aliphatic rings. The quantitative estimate of drug-likeness (QED) is 0.717. The van der Waals surface area contributed by atoms with Crippen molar-refractivity contribution in [1.82, 2.24) is 10.2 Å². The first-order valence-corrected chi connectivity index (χ1v) is 5.62. The smallest absolute Gasteiger partial charge is 0.240 e. The summed E-state index contributed by atoms with van der Waals surface area (Å²) in [5, 5.41) is 3.24. The monoisotopic (exact) mass is 210 g/mol. The summed E-state index contributed by atoms with van der Waals surface area (Å²) in [5.74, 6) is 0.208. The van der Waals surface area contributed by atoms with Crippen LogP contribution < -0.4 is 5.32 Å². The zero-order valence-corrected chi connectivity index (χ0v) is 10.0. The van der Waals surface area contributed by atoms with Crippen LogP contribution in [0.3, 0.4) is 0 Å². The molecule has 0 spiro atoms. The first-order chi connectivity index (χ1) is 6.96. The predicted octanol–water partition coefficient (Wildman–Crippen LogP) is 1.55. The summed E-state index contributed by atoms with van der Waals surface area (Å²) in [6, 6.07) is 0.0178. The van der Waals surface area contributed by atoms with Gasteiger partial charge in [0.2, 0.25) is 5.91 Å². The molecule has 0 bridgehead atoms. The van der Waals surface area contributed by atoms with E-state index in [0.29, 0.717) is 6.54 Å². The molecule has 1 aliphatic heterocycles. The third-order valence-corrected chi connectivity index (χ3v) is 2.75. The molecule has 0 aromatic carbocycles. The average Bonchev–Trinajstić information content (AvgIpc) is 2.63. The normalized spacial score (nSPS) is 21.4. The van der Waals surface area contributed by atoms with E-state index >= 15 is 0 Å². The molecule has 1 atom stereocenters. The third-order valence-electron chi connectivity index (χ3n) is 2.75. The van der Waals surface area contributed by atoms with Gasteiger partial charge in [0, 0.05) is 12.1 Å². The first-order valence-electron chi connectivity index (χ1n) is 5.62. The van der Waals surface area contributed by atoms with Crippen molar-refractivity contribution < 1.29 is 4.79 Å². The minimum absolute atomic E-state index is 0.0178. The predicted molar refractivity (Wildman–Crippen MR) is 62.7 cm³/mol. The Bertz CT molecular complexity index is 236. The Kier molecular flexibility index (Phi) is 3.91. The molecule has 0 aromatic heterocycles. The van der Waals surface area contributed by atoms with Gasteiger partial charge in [0.05, 0.1) is 6.04 Å². The standard InChI is InChI=1S/C12H22N2O/c1-5-9-14(12(2,3)4)11(15)10-7-6-8-13-10/h5,10,13H,1,6-9H2,2-4H3/t10-/m1/s1. The molecule has 1 saturated heterocycles. The maximum absolute atomic E-state index is 12.2. The number of rotatable bonds is 3. The number of nitrogens with zero attached hydrogens (tertiary/aromatic N) is 1. The molecule has 1 fully saturated rings. The molecule has 1 heterocycles. The Balaban J connectivity index is 2.70. The van der Waals surface area contributed by atoms with Crippen molar-refractivity contribution in [3.8, 4) is 0 Å². The van der Waals surface area contributed by atoms with Crippen LogP contribution in [0, 0.1) is 0 Å². The van der Waals surface area contributed by atoms with Gasteiger partial charge in [0.1, 0.15) is 0 Å². The fourth-order valence-corrected chi connectivity index (χ4v) is 1.91. The molecule has 3 nitrogen and oxygen atoms in total. The SMILES string of the molecule is C=CCN(C(=O)[C@H]1CCCN1)C(C)(C)C. The zero-order chi connectivity index (χ0) is 11.5. The van der Waals surface area contributed by atoms with Crippen molar-refractivity contribution in [3.63, 3.8) is 0 Å². The highest BCUT2D eigenvalue weighted by Gasteiger charge is 2.32. The van der Waals surface area contributed by atoms with Crippen LogP contribution in [0.5, 0.6) is 0 Å². The van der Waals surface area contributed by atoms with E-state index in [1.54, 1.807) is 6.08 Å². The maximum atomic E-state index is 12.2. The molecule has 0 aromatic rings. The lowest BCUT2D eigenvalue weighted by atomic mass is 10.0. The molecule has 15 heavy (non-hydrogen) atoms. The number of hydrogen-bond donors (Lipinski definition) is 1. The minimum atomic E-state index is -0.129. The van der Waals surface area contributed by atoms with Gasteiger partial charge >= 0.3 is 0 Å². The lowest BCUT2D eigenvalue weighted by molar-refractivity contribution is -0.137. The number of amides is 1. The summed E-state index contributed by atoms with van der Waals surface area (Å²) in [5.41, 5.74) is -0.129. The van der Waals surface area contributed by atoms with Gasteiger partial charge in [0.25, 0.3) is 0 Å². The molecular weight excluding hydrogens is 188 g/mol.